The summed E-state index contributed by atoms with van der Waals surface area (Å²) in [5.41, 5.74) is 1.71. The maximum Gasteiger partial charge on any atom is 0.405 e. The molecule has 238 valence electrons. The number of hydrogen-bond donors (Lipinski definition) is 2. The van der Waals surface area contributed by atoms with E-state index in [1.807, 2.05) is 47.8 Å². The molecular formula is C32H39F3N4O5. The molecule has 0 saturated carbocycles. The van der Waals surface area contributed by atoms with Crippen LogP contribution in [0, 0.1) is 0 Å². The quantitative estimate of drug-likeness (QED) is 0.518. The van der Waals surface area contributed by atoms with Crippen LogP contribution in [0.25, 0.3) is 0 Å². The number of likely N-dealkylation sites (N-methyl/N-ethyl adjacent to an activating group) is 1. The van der Waals surface area contributed by atoms with Crippen molar-refractivity contribution < 1.29 is 37.1 Å². The molecule has 0 aromatic heterocycles. The van der Waals surface area contributed by atoms with Gasteiger partial charge in [-0.1, -0.05) is 42.5 Å². The number of nitrogens with zero attached hydrogens (tertiary/aromatic N) is 2. The third-order valence-electron chi connectivity index (χ3n) is 8.02. The largest absolute Gasteiger partial charge is 0.494 e. The Kier molecular flexibility index (Phi) is 11.2. The smallest absolute Gasteiger partial charge is 0.405 e. The first-order chi connectivity index (χ1) is 21.0. The Morgan fingerprint density at radius 3 is 2.52 bits per heavy atom. The van der Waals surface area contributed by atoms with Gasteiger partial charge in [0.2, 0.25) is 23.6 Å². The number of hydrogen-bond acceptors (Lipinski definition) is 5. The van der Waals surface area contributed by atoms with E-state index in [1.54, 1.807) is 12.1 Å². The first-order valence-electron chi connectivity index (χ1n) is 15.0. The van der Waals surface area contributed by atoms with E-state index in [0.717, 1.165) is 16.0 Å². The molecule has 2 heterocycles. The molecule has 1 fully saturated rings. The Morgan fingerprint density at radius 1 is 1.05 bits per heavy atom. The highest BCUT2D eigenvalue weighted by atomic mass is 19.4. The van der Waals surface area contributed by atoms with Crippen LogP contribution in [-0.2, 0) is 32.0 Å². The van der Waals surface area contributed by atoms with Crippen LogP contribution >= 0.6 is 0 Å². The third-order valence-corrected chi connectivity index (χ3v) is 8.02. The topological polar surface area (TPSA) is 108 Å². The van der Waals surface area contributed by atoms with Crippen molar-refractivity contribution in [2.24, 2.45) is 0 Å². The van der Waals surface area contributed by atoms with Gasteiger partial charge in [-0.25, -0.2) is 0 Å². The van der Waals surface area contributed by atoms with Crippen molar-refractivity contribution in [3.8, 4) is 5.75 Å². The lowest BCUT2D eigenvalue weighted by molar-refractivity contribution is -0.147. The molecule has 1 saturated heterocycles. The lowest BCUT2D eigenvalue weighted by Gasteiger charge is -2.33. The zero-order valence-corrected chi connectivity index (χ0v) is 24.8. The maximum atomic E-state index is 14.0. The standard InChI is InChI=1S/C32H39F3N4O5/c1-38-26(29(41)36-21-32(33,34)35)13-5-6-18-44-24-12-7-11-23(19-24)20-27(39-17-8-14-28(39)40)30(42)37-25(31(38)43)16-15-22-9-3-2-4-10-22/h2-4,7,9-12,19,25-27H,5-6,8,13-18,20-21H2,1H3,(H,36,41)(H,37,42)/t25-,26-,27-/m0/s1. The Morgan fingerprint density at radius 2 is 1.82 bits per heavy atom. The van der Waals surface area contributed by atoms with Crippen molar-refractivity contribution in [3.63, 3.8) is 0 Å². The van der Waals surface area contributed by atoms with Crippen LogP contribution in [0.4, 0.5) is 13.2 Å². The van der Waals surface area contributed by atoms with Crippen molar-refractivity contribution in [2.75, 3.05) is 26.7 Å². The van der Waals surface area contributed by atoms with E-state index in [4.69, 9.17) is 4.74 Å². The monoisotopic (exact) mass is 616 g/mol. The number of carbonyl (C=O) groups is 4. The van der Waals surface area contributed by atoms with Gasteiger partial charge in [-0.15, -0.1) is 0 Å². The Balaban J connectivity index is 1.66. The molecule has 2 aliphatic rings. The van der Waals surface area contributed by atoms with E-state index >= 15 is 0 Å². The molecule has 44 heavy (non-hydrogen) atoms. The maximum absolute atomic E-state index is 14.0. The molecule has 0 unspecified atom stereocenters. The molecule has 0 radical (unpaired) electrons. The van der Waals surface area contributed by atoms with Gasteiger partial charge in [0.1, 0.15) is 30.4 Å². The van der Waals surface area contributed by atoms with E-state index in [0.29, 0.717) is 44.4 Å². The number of carbonyl (C=O) groups excluding carboxylic acids is 4. The summed E-state index contributed by atoms with van der Waals surface area (Å²) in [6.45, 7) is -0.840. The number of benzene rings is 2. The predicted octanol–water partition coefficient (Wildman–Crippen LogP) is 3.41. The molecule has 0 aliphatic carbocycles. The van der Waals surface area contributed by atoms with Gasteiger partial charge in [-0.05, 0) is 61.8 Å². The van der Waals surface area contributed by atoms with Gasteiger partial charge in [0.05, 0.1) is 6.61 Å². The van der Waals surface area contributed by atoms with Crippen molar-refractivity contribution >= 4 is 23.6 Å². The molecule has 2 aromatic carbocycles. The second-order valence-electron chi connectivity index (χ2n) is 11.3. The minimum Gasteiger partial charge on any atom is -0.494 e. The molecule has 2 aromatic rings. The van der Waals surface area contributed by atoms with Crippen LogP contribution in [0.5, 0.6) is 5.75 Å². The van der Waals surface area contributed by atoms with Gasteiger partial charge in [0, 0.05) is 26.4 Å². The van der Waals surface area contributed by atoms with Crippen molar-refractivity contribution in [3.05, 3.63) is 65.7 Å². The Labute approximate surface area is 255 Å². The molecule has 4 amide bonds. The highest BCUT2D eigenvalue weighted by Gasteiger charge is 2.38. The Hall–Kier alpha value is -4.09. The fourth-order valence-electron chi connectivity index (χ4n) is 5.64. The average molecular weight is 617 g/mol. The molecule has 0 spiro atoms. The summed E-state index contributed by atoms with van der Waals surface area (Å²) in [5, 5.41) is 4.76. The minimum absolute atomic E-state index is 0.0968. The fraction of sp³-hybridized carbons (Fsp3) is 0.500. The van der Waals surface area contributed by atoms with Crippen LogP contribution in [0.2, 0.25) is 0 Å². The summed E-state index contributed by atoms with van der Waals surface area (Å²) in [7, 11) is 1.37. The van der Waals surface area contributed by atoms with Gasteiger partial charge in [-0.2, -0.15) is 13.2 Å². The highest BCUT2D eigenvalue weighted by Crippen LogP contribution is 2.22. The Bertz CT molecular complexity index is 1310. The molecule has 2 bridgehead atoms. The van der Waals surface area contributed by atoms with Crippen LogP contribution in [0.3, 0.4) is 0 Å². The molecule has 4 rings (SSSR count). The van der Waals surface area contributed by atoms with Crippen molar-refractivity contribution in [2.45, 2.75) is 75.7 Å². The van der Waals surface area contributed by atoms with Crippen LogP contribution < -0.4 is 15.4 Å². The van der Waals surface area contributed by atoms with Gasteiger partial charge >= 0.3 is 6.18 Å². The summed E-state index contributed by atoms with van der Waals surface area (Å²) >= 11 is 0. The highest BCUT2D eigenvalue weighted by molar-refractivity contribution is 5.94. The SMILES string of the molecule is CN1C(=O)[C@H](CCc2ccccc2)NC(=O)[C@@H](N2CCCC2=O)Cc2cccc(c2)OCCCC[C@H]1C(=O)NCC(F)(F)F. The number of fused-ring (bicyclic) bond motifs is 2. The molecular weight excluding hydrogens is 577 g/mol. The van der Waals surface area contributed by atoms with Gasteiger partial charge in [-0.3, -0.25) is 19.2 Å². The summed E-state index contributed by atoms with van der Waals surface area (Å²) in [5.74, 6) is -1.62. The number of amides is 4. The number of rotatable bonds is 6. The lowest BCUT2D eigenvalue weighted by Crippen LogP contribution is -2.58. The lowest BCUT2D eigenvalue weighted by atomic mass is 10.00. The van der Waals surface area contributed by atoms with E-state index in [2.05, 4.69) is 5.32 Å². The van der Waals surface area contributed by atoms with Crippen molar-refractivity contribution in [1.82, 2.24) is 20.4 Å². The molecule has 9 nitrogen and oxygen atoms in total. The van der Waals surface area contributed by atoms with Gasteiger partial charge in [0.15, 0.2) is 0 Å². The second-order valence-corrected chi connectivity index (χ2v) is 11.3. The molecule has 12 heteroatoms. The summed E-state index contributed by atoms with van der Waals surface area (Å²) in [6.07, 6.45) is -1.89. The average Bonchev–Trinajstić information content (AvgIpc) is 3.43. The zero-order chi connectivity index (χ0) is 31.7. The second kappa shape index (κ2) is 15.1. The molecule has 2 N–H and O–H groups in total. The number of halogens is 3. The van der Waals surface area contributed by atoms with E-state index < -0.39 is 48.6 Å². The number of ether oxygens (including phenoxy) is 1. The van der Waals surface area contributed by atoms with E-state index in [1.165, 1.54) is 11.9 Å². The zero-order valence-electron chi connectivity index (χ0n) is 24.8. The third kappa shape index (κ3) is 9.20. The number of aryl methyl sites for hydroxylation is 1. The molecule has 3 atom stereocenters. The van der Waals surface area contributed by atoms with Crippen LogP contribution in [0.1, 0.15) is 49.7 Å². The van der Waals surface area contributed by atoms with Crippen LogP contribution in [0.15, 0.2) is 54.6 Å². The minimum atomic E-state index is -4.62. The van der Waals surface area contributed by atoms with Crippen molar-refractivity contribution in [1.29, 1.82) is 0 Å². The van der Waals surface area contributed by atoms with Gasteiger partial charge < -0.3 is 25.2 Å². The summed E-state index contributed by atoms with van der Waals surface area (Å²) < 4.78 is 44.7. The summed E-state index contributed by atoms with van der Waals surface area (Å²) in [4.78, 5) is 56.3. The number of nitrogens with one attached hydrogen (secondary N) is 2. The first-order valence-corrected chi connectivity index (χ1v) is 15.0. The van der Waals surface area contributed by atoms with Gasteiger partial charge in [0.25, 0.3) is 0 Å². The normalized spacial score (nSPS) is 22.4. The van der Waals surface area contributed by atoms with E-state index in [-0.39, 0.29) is 31.8 Å². The number of alkyl halides is 3. The number of likely N-dealkylation sites (tertiary alicyclic amines) is 1. The summed E-state index contributed by atoms with van der Waals surface area (Å²) in [6, 6.07) is 13.4. The van der Waals surface area contributed by atoms with E-state index in [9.17, 15) is 32.3 Å². The fourth-order valence-corrected chi connectivity index (χ4v) is 5.64. The molecule has 2 aliphatic heterocycles. The van der Waals surface area contributed by atoms with Crippen LogP contribution in [-0.4, -0.2) is 84.5 Å². The predicted molar refractivity (Wildman–Crippen MR) is 157 cm³/mol. The first kappa shape index (κ1) is 32.8.